The molecule has 1 fully saturated rings. The van der Waals surface area contributed by atoms with E-state index in [0.29, 0.717) is 36.8 Å². The first-order chi connectivity index (χ1) is 15.9. The van der Waals surface area contributed by atoms with Crippen molar-refractivity contribution >= 4 is 33.0 Å². The molecule has 0 aliphatic carbocycles. The smallest absolute Gasteiger partial charge is 0.374 e. The van der Waals surface area contributed by atoms with Gasteiger partial charge in [-0.3, -0.25) is 10.2 Å². The lowest BCUT2D eigenvalue weighted by Crippen LogP contribution is -2.43. The molecule has 34 heavy (non-hydrogen) atoms. The molecule has 1 aliphatic rings. The number of hydrogen-bond donors (Lipinski definition) is 3. The van der Waals surface area contributed by atoms with Crippen LogP contribution in [0.5, 0.6) is 0 Å². The van der Waals surface area contributed by atoms with Gasteiger partial charge in [0.25, 0.3) is 0 Å². The van der Waals surface area contributed by atoms with Crippen LogP contribution in [0.25, 0.3) is 0 Å². The van der Waals surface area contributed by atoms with Crippen molar-refractivity contribution in [3.63, 3.8) is 0 Å². The molecule has 1 saturated heterocycles. The lowest BCUT2D eigenvalue weighted by molar-refractivity contribution is -0.138. The molecule has 1 unspecified atom stereocenters. The fourth-order valence-electron chi connectivity index (χ4n) is 3.79. The van der Waals surface area contributed by atoms with Gasteiger partial charge in [-0.1, -0.05) is 30.1 Å². The van der Waals surface area contributed by atoms with Crippen LogP contribution in [0.15, 0.2) is 35.2 Å². The van der Waals surface area contributed by atoms with Crippen LogP contribution >= 0.6 is 23.2 Å². The van der Waals surface area contributed by atoms with Crippen LogP contribution < -0.4 is 10.6 Å². The predicted molar refractivity (Wildman–Crippen MR) is 126 cm³/mol. The molecule has 1 heterocycles. The number of alkyl halides is 3. The number of aliphatic hydroxyl groups is 1. The number of piperazine rings is 1. The average molecular weight is 540 g/mol. The van der Waals surface area contributed by atoms with Crippen LogP contribution in [0.4, 0.5) is 13.2 Å². The molecule has 12 heteroatoms. The molecular weight excluding hydrogens is 514 g/mol. The summed E-state index contributed by atoms with van der Waals surface area (Å²) in [5.41, 5.74) is -0.737. The van der Waals surface area contributed by atoms with Gasteiger partial charge in [0.2, 0.25) is 0 Å². The number of benzene rings is 2. The van der Waals surface area contributed by atoms with Crippen molar-refractivity contribution in [2.45, 2.75) is 37.3 Å². The van der Waals surface area contributed by atoms with Crippen LogP contribution in [0.3, 0.4) is 0 Å². The summed E-state index contributed by atoms with van der Waals surface area (Å²) < 4.78 is 66.3. The quantitative estimate of drug-likeness (QED) is 0.440. The van der Waals surface area contributed by atoms with Crippen LogP contribution in [-0.4, -0.2) is 50.4 Å². The molecule has 0 aromatic heterocycles. The second-order valence-electron chi connectivity index (χ2n) is 7.99. The zero-order valence-corrected chi connectivity index (χ0v) is 20.8. The highest BCUT2D eigenvalue weighted by Crippen LogP contribution is 2.38. The SMILES string of the molecule is CCS(=O)(=O)c1ccc(Cl)cc1CNC(O)c1cc(Cl)c(CN2CCNCC2)c(C(F)(F)F)c1. The van der Waals surface area contributed by atoms with Crippen LogP contribution in [0, 0.1) is 0 Å². The molecule has 0 amide bonds. The van der Waals surface area contributed by atoms with Gasteiger partial charge >= 0.3 is 6.18 Å². The molecule has 3 rings (SSSR count). The Hall–Kier alpha value is -1.40. The van der Waals surface area contributed by atoms with Gasteiger partial charge in [0, 0.05) is 49.3 Å². The Morgan fingerprint density at radius 1 is 1.18 bits per heavy atom. The Labute approximate surface area is 207 Å². The molecular formula is C22H26Cl2F3N3O3S. The van der Waals surface area contributed by atoms with Gasteiger partial charge in [-0.15, -0.1) is 0 Å². The molecule has 188 valence electrons. The van der Waals surface area contributed by atoms with E-state index in [1.165, 1.54) is 31.2 Å². The maximum absolute atomic E-state index is 13.9. The molecule has 0 radical (unpaired) electrons. The highest BCUT2D eigenvalue weighted by Gasteiger charge is 2.36. The Bertz CT molecular complexity index is 1120. The summed E-state index contributed by atoms with van der Waals surface area (Å²) in [4.78, 5) is 1.93. The Kier molecular flexibility index (Phi) is 8.89. The number of aliphatic hydroxyl groups excluding tert-OH is 1. The van der Waals surface area contributed by atoms with Crippen molar-refractivity contribution < 1.29 is 26.7 Å². The van der Waals surface area contributed by atoms with E-state index in [1.54, 1.807) is 0 Å². The monoisotopic (exact) mass is 539 g/mol. The predicted octanol–water partition coefficient (Wildman–Crippen LogP) is 3.99. The van der Waals surface area contributed by atoms with Gasteiger partial charge in [0.05, 0.1) is 16.2 Å². The molecule has 1 aliphatic heterocycles. The van der Waals surface area contributed by atoms with Crippen molar-refractivity contribution in [3.8, 4) is 0 Å². The van der Waals surface area contributed by atoms with E-state index in [9.17, 15) is 26.7 Å². The van der Waals surface area contributed by atoms with Crippen LogP contribution in [-0.2, 0) is 29.1 Å². The van der Waals surface area contributed by atoms with Crippen molar-refractivity contribution in [2.24, 2.45) is 0 Å². The minimum atomic E-state index is -4.67. The first kappa shape index (κ1) is 27.2. The molecule has 1 atom stereocenters. The third-order valence-corrected chi connectivity index (χ3v) is 8.05. The van der Waals surface area contributed by atoms with Gasteiger partial charge in [0.1, 0.15) is 6.23 Å². The highest BCUT2D eigenvalue weighted by molar-refractivity contribution is 7.91. The van der Waals surface area contributed by atoms with Crippen molar-refractivity contribution in [3.05, 3.63) is 62.6 Å². The summed E-state index contributed by atoms with van der Waals surface area (Å²) in [6.45, 7) is 3.96. The molecule has 0 bridgehead atoms. The van der Waals surface area contributed by atoms with Gasteiger partial charge in [-0.05, 0) is 47.0 Å². The minimum Gasteiger partial charge on any atom is -0.374 e. The van der Waals surface area contributed by atoms with E-state index < -0.39 is 27.8 Å². The Morgan fingerprint density at radius 3 is 2.47 bits per heavy atom. The number of hydrogen-bond acceptors (Lipinski definition) is 6. The molecule has 6 nitrogen and oxygen atoms in total. The van der Waals surface area contributed by atoms with E-state index >= 15 is 0 Å². The average Bonchev–Trinajstić information content (AvgIpc) is 2.78. The van der Waals surface area contributed by atoms with Crippen molar-refractivity contribution in [2.75, 3.05) is 31.9 Å². The van der Waals surface area contributed by atoms with Crippen LogP contribution in [0.1, 0.15) is 35.4 Å². The second-order valence-corrected chi connectivity index (χ2v) is 11.1. The Morgan fingerprint density at radius 2 is 1.85 bits per heavy atom. The standard InChI is InChI=1S/C22H26Cl2F3N3O3S/c1-2-34(32,33)20-4-3-16(23)9-15(20)12-29-21(31)14-10-18(22(25,26)27)17(19(24)11-14)13-30-7-5-28-6-8-30/h3-4,9-11,21,28-29,31H,2,5-8,12-13H2,1H3. The summed E-state index contributed by atoms with van der Waals surface area (Å²) in [6, 6.07) is 6.43. The zero-order chi connectivity index (χ0) is 25.1. The fraction of sp³-hybridized carbons (Fsp3) is 0.455. The van der Waals surface area contributed by atoms with Crippen LogP contribution in [0.2, 0.25) is 10.0 Å². The summed E-state index contributed by atoms with van der Waals surface area (Å²) >= 11 is 12.3. The molecule has 0 saturated carbocycles. The van der Waals surface area contributed by atoms with E-state index in [0.717, 1.165) is 6.07 Å². The first-order valence-electron chi connectivity index (χ1n) is 10.7. The summed E-state index contributed by atoms with van der Waals surface area (Å²) in [5, 5.41) is 16.6. The number of nitrogens with zero attached hydrogens (tertiary/aromatic N) is 1. The molecule has 3 N–H and O–H groups in total. The minimum absolute atomic E-state index is 0.0412. The molecule has 0 spiro atoms. The van der Waals surface area contributed by atoms with Gasteiger partial charge in [0.15, 0.2) is 9.84 Å². The normalized spacial score (nSPS) is 16.6. The summed E-state index contributed by atoms with van der Waals surface area (Å²) in [7, 11) is -3.57. The highest BCUT2D eigenvalue weighted by atomic mass is 35.5. The van der Waals surface area contributed by atoms with Crippen molar-refractivity contribution in [1.82, 2.24) is 15.5 Å². The zero-order valence-electron chi connectivity index (χ0n) is 18.4. The van der Waals surface area contributed by atoms with Gasteiger partial charge in [-0.25, -0.2) is 8.42 Å². The summed E-state index contributed by atoms with van der Waals surface area (Å²) in [5.74, 6) is -0.136. The second kappa shape index (κ2) is 11.1. The van der Waals surface area contributed by atoms with Gasteiger partial charge in [-0.2, -0.15) is 13.2 Å². The number of halogens is 5. The third-order valence-electron chi connectivity index (χ3n) is 5.65. The summed E-state index contributed by atoms with van der Waals surface area (Å²) in [6.07, 6.45) is -6.19. The molecule has 2 aromatic carbocycles. The van der Waals surface area contributed by atoms with E-state index in [1.807, 2.05) is 4.90 Å². The fourth-order valence-corrected chi connectivity index (χ4v) is 5.39. The number of sulfone groups is 1. The first-order valence-corrected chi connectivity index (χ1v) is 13.1. The molecule has 2 aromatic rings. The topological polar surface area (TPSA) is 81.7 Å². The maximum atomic E-state index is 13.9. The lowest BCUT2D eigenvalue weighted by atomic mass is 10.0. The third kappa shape index (κ3) is 6.63. The van der Waals surface area contributed by atoms with E-state index in [2.05, 4.69) is 10.6 Å². The lowest BCUT2D eigenvalue weighted by Gasteiger charge is -2.29. The number of rotatable bonds is 8. The van der Waals surface area contributed by atoms with Gasteiger partial charge < -0.3 is 10.4 Å². The van der Waals surface area contributed by atoms with E-state index in [4.69, 9.17) is 23.2 Å². The maximum Gasteiger partial charge on any atom is 0.416 e. The van der Waals surface area contributed by atoms with E-state index in [-0.39, 0.29) is 39.9 Å². The largest absolute Gasteiger partial charge is 0.416 e. The Balaban J connectivity index is 1.86. The number of nitrogens with one attached hydrogen (secondary N) is 2. The van der Waals surface area contributed by atoms with Crippen molar-refractivity contribution in [1.29, 1.82) is 0 Å².